The van der Waals surface area contributed by atoms with Crippen LogP contribution in [0.1, 0.15) is 11.3 Å². The molecule has 0 atom stereocenters. The Balaban J connectivity index is 1.86. The fourth-order valence-electron chi connectivity index (χ4n) is 1.68. The van der Waals surface area contributed by atoms with E-state index >= 15 is 0 Å². The molecule has 0 N–H and O–H groups in total. The van der Waals surface area contributed by atoms with Gasteiger partial charge in [-0.15, -0.1) is 0 Å². The highest BCUT2D eigenvalue weighted by molar-refractivity contribution is 5.45. The second kappa shape index (κ2) is 3.81. The van der Waals surface area contributed by atoms with Crippen molar-refractivity contribution >= 4 is 0 Å². The fraction of sp³-hybridized carbons (Fsp3) is 0.167. The summed E-state index contributed by atoms with van der Waals surface area (Å²) >= 11 is 0. The van der Waals surface area contributed by atoms with E-state index in [0.29, 0.717) is 6.79 Å². The Morgan fingerprint density at radius 2 is 2.06 bits per heavy atom. The van der Waals surface area contributed by atoms with Gasteiger partial charge in [0, 0.05) is 18.3 Å². The van der Waals surface area contributed by atoms with Crippen LogP contribution >= 0.6 is 0 Å². The van der Waals surface area contributed by atoms with Gasteiger partial charge in [-0.2, -0.15) is 0 Å². The van der Waals surface area contributed by atoms with Crippen LogP contribution in [0.25, 0.3) is 0 Å². The lowest BCUT2D eigenvalue weighted by atomic mass is 10.1. The van der Waals surface area contributed by atoms with Crippen LogP contribution in [0.3, 0.4) is 0 Å². The zero-order valence-corrected chi connectivity index (χ0v) is 8.59. The lowest BCUT2D eigenvalue weighted by Gasteiger charge is -2.02. The van der Waals surface area contributed by atoms with Gasteiger partial charge in [0.2, 0.25) is 6.79 Å². The molecule has 0 fully saturated rings. The summed E-state index contributed by atoms with van der Waals surface area (Å²) in [6, 6.07) is 7.85. The van der Waals surface area contributed by atoms with Gasteiger partial charge in [-0.25, -0.2) is 9.97 Å². The molecule has 0 saturated carbocycles. The minimum Gasteiger partial charge on any atom is -0.454 e. The molecule has 2 heterocycles. The van der Waals surface area contributed by atoms with Crippen LogP contribution in [-0.4, -0.2) is 16.8 Å². The number of rotatable bonds is 2. The van der Waals surface area contributed by atoms with Crippen LogP contribution in [0, 0.1) is 0 Å². The first kappa shape index (κ1) is 9.15. The Bertz CT molecular complexity index is 500. The summed E-state index contributed by atoms with van der Waals surface area (Å²) in [5, 5.41) is 0. The third-order valence-corrected chi connectivity index (χ3v) is 2.47. The minimum atomic E-state index is 0.312. The maximum Gasteiger partial charge on any atom is 0.231 e. The molecule has 1 aromatic heterocycles. The second-order valence-corrected chi connectivity index (χ2v) is 3.57. The Kier molecular flexibility index (Phi) is 2.18. The van der Waals surface area contributed by atoms with Crippen molar-refractivity contribution in [1.29, 1.82) is 0 Å². The summed E-state index contributed by atoms with van der Waals surface area (Å²) in [6.07, 6.45) is 4.08. The van der Waals surface area contributed by atoms with Crippen LogP contribution in [-0.2, 0) is 6.42 Å². The SMILES string of the molecule is c1cc(Cc2ccc3c(c2)OCO3)ncn1. The van der Waals surface area contributed by atoms with Crippen molar-refractivity contribution in [2.24, 2.45) is 0 Å². The molecular formula is C12H10N2O2. The molecule has 1 aromatic carbocycles. The zero-order valence-electron chi connectivity index (χ0n) is 8.59. The Labute approximate surface area is 92.9 Å². The van der Waals surface area contributed by atoms with Crippen molar-refractivity contribution in [3.05, 3.63) is 48.0 Å². The minimum absolute atomic E-state index is 0.312. The smallest absolute Gasteiger partial charge is 0.231 e. The molecule has 0 radical (unpaired) electrons. The van der Waals surface area contributed by atoms with Crippen molar-refractivity contribution in [1.82, 2.24) is 9.97 Å². The highest BCUT2D eigenvalue weighted by Gasteiger charge is 2.13. The van der Waals surface area contributed by atoms with Gasteiger partial charge in [0.1, 0.15) is 6.33 Å². The van der Waals surface area contributed by atoms with Gasteiger partial charge in [-0.3, -0.25) is 0 Å². The molecular weight excluding hydrogens is 204 g/mol. The predicted octanol–water partition coefficient (Wildman–Crippen LogP) is 1.80. The fourth-order valence-corrected chi connectivity index (χ4v) is 1.68. The summed E-state index contributed by atoms with van der Waals surface area (Å²) in [4.78, 5) is 8.07. The largest absolute Gasteiger partial charge is 0.454 e. The first-order chi connectivity index (χ1) is 7.92. The molecule has 16 heavy (non-hydrogen) atoms. The van der Waals surface area contributed by atoms with Crippen LogP contribution < -0.4 is 9.47 Å². The molecule has 0 amide bonds. The van der Waals surface area contributed by atoms with E-state index in [4.69, 9.17) is 9.47 Å². The molecule has 1 aliphatic rings. The quantitative estimate of drug-likeness (QED) is 0.764. The van der Waals surface area contributed by atoms with Crippen molar-refractivity contribution in [2.45, 2.75) is 6.42 Å². The molecule has 4 nitrogen and oxygen atoms in total. The Morgan fingerprint density at radius 3 is 2.94 bits per heavy atom. The van der Waals surface area contributed by atoms with Crippen LogP contribution in [0.4, 0.5) is 0 Å². The Hall–Kier alpha value is -2.10. The van der Waals surface area contributed by atoms with Gasteiger partial charge in [0.25, 0.3) is 0 Å². The molecule has 0 bridgehead atoms. The van der Waals surface area contributed by atoms with E-state index in [0.717, 1.165) is 29.2 Å². The van der Waals surface area contributed by atoms with Crippen molar-refractivity contribution in [2.75, 3.05) is 6.79 Å². The normalized spacial score (nSPS) is 12.8. The first-order valence-electron chi connectivity index (χ1n) is 5.05. The van der Waals surface area contributed by atoms with Crippen LogP contribution in [0.2, 0.25) is 0 Å². The molecule has 80 valence electrons. The van der Waals surface area contributed by atoms with Crippen molar-refractivity contribution in [3.63, 3.8) is 0 Å². The number of hydrogen-bond donors (Lipinski definition) is 0. The van der Waals surface area contributed by atoms with Gasteiger partial charge < -0.3 is 9.47 Å². The van der Waals surface area contributed by atoms with E-state index in [1.807, 2.05) is 24.3 Å². The van der Waals surface area contributed by atoms with E-state index in [9.17, 15) is 0 Å². The van der Waals surface area contributed by atoms with Gasteiger partial charge in [-0.05, 0) is 23.8 Å². The monoisotopic (exact) mass is 214 g/mol. The maximum atomic E-state index is 5.32. The summed E-state index contributed by atoms with van der Waals surface area (Å²) in [5.41, 5.74) is 2.15. The molecule has 2 aromatic rings. The molecule has 0 aliphatic carbocycles. The van der Waals surface area contributed by atoms with E-state index in [2.05, 4.69) is 9.97 Å². The second-order valence-electron chi connectivity index (χ2n) is 3.57. The lowest BCUT2D eigenvalue weighted by molar-refractivity contribution is 0.174. The number of aromatic nitrogens is 2. The highest BCUT2D eigenvalue weighted by atomic mass is 16.7. The average molecular weight is 214 g/mol. The van der Waals surface area contributed by atoms with Crippen molar-refractivity contribution in [3.8, 4) is 11.5 Å². The molecule has 1 aliphatic heterocycles. The zero-order chi connectivity index (χ0) is 10.8. The first-order valence-corrected chi connectivity index (χ1v) is 5.05. The van der Waals surface area contributed by atoms with Gasteiger partial charge in [-0.1, -0.05) is 6.07 Å². The standard InChI is InChI=1S/C12H10N2O2/c1-2-11-12(16-8-15-11)6-9(1)5-10-3-4-13-7-14-10/h1-4,6-7H,5,8H2. The van der Waals surface area contributed by atoms with E-state index in [-0.39, 0.29) is 0 Å². The third kappa shape index (κ3) is 1.69. The number of nitrogens with zero attached hydrogens (tertiary/aromatic N) is 2. The number of ether oxygens (including phenoxy) is 2. The van der Waals surface area contributed by atoms with Gasteiger partial charge in [0.05, 0.1) is 0 Å². The summed E-state index contributed by atoms with van der Waals surface area (Å²) in [6.45, 7) is 0.312. The summed E-state index contributed by atoms with van der Waals surface area (Å²) < 4.78 is 10.6. The van der Waals surface area contributed by atoms with Gasteiger partial charge in [0.15, 0.2) is 11.5 Å². The number of hydrogen-bond acceptors (Lipinski definition) is 4. The Morgan fingerprint density at radius 1 is 1.12 bits per heavy atom. The van der Waals surface area contributed by atoms with Gasteiger partial charge >= 0.3 is 0 Å². The number of fused-ring (bicyclic) bond motifs is 1. The summed E-state index contributed by atoms with van der Waals surface area (Å²) in [5.74, 6) is 1.62. The number of benzene rings is 1. The maximum absolute atomic E-state index is 5.32. The lowest BCUT2D eigenvalue weighted by Crippen LogP contribution is -1.93. The molecule has 0 spiro atoms. The molecule has 4 heteroatoms. The van der Waals surface area contributed by atoms with Crippen LogP contribution in [0.5, 0.6) is 11.5 Å². The van der Waals surface area contributed by atoms with E-state index in [1.165, 1.54) is 0 Å². The summed E-state index contributed by atoms with van der Waals surface area (Å²) in [7, 11) is 0. The van der Waals surface area contributed by atoms with Crippen LogP contribution in [0.15, 0.2) is 36.8 Å². The van der Waals surface area contributed by atoms with E-state index < -0.39 is 0 Å². The molecule has 0 saturated heterocycles. The van der Waals surface area contributed by atoms with Crippen molar-refractivity contribution < 1.29 is 9.47 Å². The topological polar surface area (TPSA) is 44.2 Å². The predicted molar refractivity (Wildman–Crippen MR) is 57.4 cm³/mol. The third-order valence-electron chi connectivity index (χ3n) is 2.47. The molecule has 3 rings (SSSR count). The highest BCUT2D eigenvalue weighted by Crippen LogP contribution is 2.32. The average Bonchev–Trinajstić information content (AvgIpc) is 2.77. The molecule has 0 unspecified atom stereocenters. The van der Waals surface area contributed by atoms with E-state index in [1.54, 1.807) is 12.5 Å².